The van der Waals surface area contributed by atoms with E-state index in [1.807, 2.05) is 49.4 Å². The highest BCUT2D eigenvalue weighted by atomic mass is 35.5. The minimum absolute atomic E-state index is 0.0860. The predicted molar refractivity (Wildman–Crippen MR) is 112 cm³/mol. The Hall–Kier alpha value is -3.25. The summed E-state index contributed by atoms with van der Waals surface area (Å²) in [6.45, 7) is 3.50. The fourth-order valence-electron chi connectivity index (χ4n) is 2.68. The molecule has 0 aromatic heterocycles. The summed E-state index contributed by atoms with van der Waals surface area (Å²) in [6, 6.07) is 18.8. The van der Waals surface area contributed by atoms with Gasteiger partial charge in [-0.1, -0.05) is 48.0 Å². The van der Waals surface area contributed by atoms with Crippen molar-refractivity contribution >= 4 is 34.4 Å². The molecule has 0 radical (unpaired) electrons. The summed E-state index contributed by atoms with van der Waals surface area (Å²) in [6.07, 6.45) is -1.59. The zero-order valence-electron chi connectivity index (χ0n) is 16.1. The van der Waals surface area contributed by atoms with Gasteiger partial charge < -0.3 is 9.47 Å². The Labute approximate surface area is 173 Å². The molecule has 2 amide bonds. The summed E-state index contributed by atoms with van der Waals surface area (Å²) in [7, 11) is 0. The number of benzene rings is 3. The molecule has 0 saturated heterocycles. The number of ether oxygens (including phenoxy) is 2. The molecular weight excluding hydrogens is 392 g/mol. The number of aryl methyl sites for hydroxylation is 1. The van der Waals surface area contributed by atoms with Gasteiger partial charge in [0.2, 0.25) is 0 Å². The molecule has 2 N–H and O–H groups in total. The van der Waals surface area contributed by atoms with Crippen molar-refractivity contribution in [3.63, 3.8) is 0 Å². The van der Waals surface area contributed by atoms with Crippen molar-refractivity contribution in [3.8, 4) is 5.75 Å². The Bertz CT molecular complexity index is 1040. The van der Waals surface area contributed by atoms with E-state index in [0.717, 1.165) is 21.9 Å². The van der Waals surface area contributed by atoms with E-state index in [4.69, 9.17) is 21.1 Å². The maximum atomic E-state index is 12.1. The third-order valence-electron chi connectivity index (χ3n) is 4.28. The third-order valence-corrected chi connectivity index (χ3v) is 4.71. The lowest BCUT2D eigenvalue weighted by Crippen LogP contribution is -2.47. The second-order valence-corrected chi connectivity index (χ2v) is 6.95. The van der Waals surface area contributed by atoms with Crippen LogP contribution in [0.25, 0.3) is 10.8 Å². The van der Waals surface area contributed by atoms with Crippen LogP contribution < -0.4 is 15.6 Å². The van der Waals surface area contributed by atoms with E-state index in [-0.39, 0.29) is 6.61 Å². The number of hydrogen-bond acceptors (Lipinski definition) is 4. The first-order valence-electron chi connectivity index (χ1n) is 9.05. The largest absolute Gasteiger partial charge is 0.481 e. The van der Waals surface area contributed by atoms with Gasteiger partial charge in [-0.25, -0.2) is 10.2 Å². The van der Waals surface area contributed by atoms with E-state index < -0.39 is 18.1 Å². The average molecular weight is 413 g/mol. The lowest BCUT2D eigenvalue weighted by molar-refractivity contribution is -0.128. The molecule has 1 unspecified atom stereocenters. The van der Waals surface area contributed by atoms with Crippen molar-refractivity contribution in [2.45, 2.75) is 26.6 Å². The first kappa shape index (κ1) is 20.5. The molecule has 29 heavy (non-hydrogen) atoms. The molecule has 0 aliphatic heterocycles. The first-order valence-corrected chi connectivity index (χ1v) is 9.43. The van der Waals surface area contributed by atoms with Crippen LogP contribution in [0.15, 0.2) is 60.7 Å². The first-order chi connectivity index (χ1) is 13.9. The molecule has 0 aliphatic rings. The number of halogens is 1. The van der Waals surface area contributed by atoms with Crippen LogP contribution in [0.4, 0.5) is 4.79 Å². The number of fused-ring (bicyclic) bond motifs is 1. The molecule has 0 fully saturated rings. The molecule has 7 heteroatoms. The Kier molecular flexibility index (Phi) is 6.57. The SMILES string of the molecule is Cc1cc(OC(C)C(=O)NNC(=O)OCc2ccc3ccccc3c2)ccc1Cl. The smallest absolute Gasteiger partial charge is 0.426 e. The maximum Gasteiger partial charge on any atom is 0.426 e. The number of nitrogens with one attached hydrogen (secondary N) is 2. The molecule has 6 nitrogen and oxygen atoms in total. The number of hydrogen-bond donors (Lipinski definition) is 2. The fraction of sp³-hybridized carbons (Fsp3) is 0.182. The standard InChI is InChI=1S/C22H21ClN2O4/c1-14-11-19(9-10-20(14)23)29-15(2)21(26)24-25-22(27)28-13-16-7-8-17-5-3-4-6-18(17)12-16/h3-12,15H,13H2,1-2H3,(H,24,26)(H,25,27). The van der Waals surface area contributed by atoms with Crippen molar-refractivity contribution in [2.24, 2.45) is 0 Å². The van der Waals surface area contributed by atoms with Gasteiger partial charge in [0.15, 0.2) is 6.10 Å². The molecule has 0 spiro atoms. The minimum atomic E-state index is -0.823. The lowest BCUT2D eigenvalue weighted by atomic mass is 10.1. The van der Waals surface area contributed by atoms with E-state index in [1.165, 1.54) is 0 Å². The predicted octanol–water partition coefficient (Wildman–Crippen LogP) is 4.53. The summed E-state index contributed by atoms with van der Waals surface area (Å²) < 4.78 is 10.7. The topological polar surface area (TPSA) is 76.7 Å². The molecule has 3 aromatic carbocycles. The zero-order valence-corrected chi connectivity index (χ0v) is 16.8. The van der Waals surface area contributed by atoms with Gasteiger partial charge in [-0.05, 0) is 60.0 Å². The number of carbonyl (C=O) groups is 2. The Morgan fingerprint density at radius 1 is 1.00 bits per heavy atom. The zero-order chi connectivity index (χ0) is 20.8. The van der Waals surface area contributed by atoms with Crippen molar-refractivity contribution in [2.75, 3.05) is 0 Å². The summed E-state index contributed by atoms with van der Waals surface area (Å²) in [5.74, 6) is -0.00584. The monoisotopic (exact) mass is 412 g/mol. The van der Waals surface area contributed by atoms with E-state index in [1.54, 1.807) is 25.1 Å². The van der Waals surface area contributed by atoms with Crippen LogP contribution in [-0.2, 0) is 16.1 Å². The van der Waals surface area contributed by atoms with E-state index in [0.29, 0.717) is 10.8 Å². The summed E-state index contributed by atoms with van der Waals surface area (Å²) >= 11 is 5.97. The molecular formula is C22H21ClN2O4. The van der Waals surface area contributed by atoms with Crippen LogP contribution >= 0.6 is 11.6 Å². The Morgan fingerprint density at radius 3 is 2.52 bits per heavy atom. The van der Waals surface area contributed by atoms with Crippen LogP contribution in [0.5, 0.6) is 5.75 Å². The van der Waals surface area contributed by atoms with Gasteiger partial charge in [0.05, 0.1) is 0 Å². The van der Waals surface area contributed by atoms with Crippen molar-refractivity contribution < 1.29 is 19.1 Å². The number of rotatable bonds is 5. The van der Waals surface area contributed by atoms with Crippen molar-refractivity contribution in [1.82, 2.24) is 10.9 Å². The van der Waals surface area contributed by atoms with Gasteiger partial charge in [-0.3, -0.25) is 10.2 Å². The second-order valence-electron chi connectivity index (χ2n) is 6.54. The van der Waals surface area contributed by atoms with Crippen LogP contribution in [0.2, 0.25) is 5.02 Å². The maximum absolute atomic E-state index is 12.1. The van der Waals surface area contributed by atoms with Crippen LogP contribution in [0, 0.1) is 6.92 Å². The molecule has 0 heterocycles. The summed E-state index contributed by atoms with van der Waals surface area (Å²) in [4.78, 5) is 23.9. The fourth-order valence-corrected chi connectivity index (χ4v) is 2.79. The highest BCUT2D eigenvalue weighted by Crippen LogP contribution is 2.22. The van der Waals surface area contributed by atoms with Gasteiger partial charge in [0, 0.05) is 5.02 Å². The molecule has 3 rings (SSSR count). The number of carbonyl (C=O) groups excluding carboxylic acids is 2. The Balaban J connectivity index is 1.45. The highest BCUT2D eigenvalue weighted by Gasteiger charge is 2.16. The van der Waals surface area contributed by atoms with E-state index in [9.17, 15) is 9.59 Å². The molecule has 3 aromatic rings. The second kappa shape index (κ2) is 9.30. The highest BCUT2D eigenvalue weighted by molar-refractivity contribution is 6.31. The van der Waals surface area contributed by atoms with E-state index in [2.05, 4.69) is 10.9 Å². The Morgan fingerprint density at radius 2 is 1.76 bits per heavy atom. The third kappa shape index (κ3) is 5.62. The number of amides is 2. The van der Waals surface area contributed by atoms with Gasteiger partial charge in [0.1, 0.15) is 12.4 Å². The quantitative estimate of drug-likeness (QED) is 0.604. The van der Waals surface area contributed by atoms with Crippen LogP contribution in [0.3, 0.4) is 0 Å². The lowest BCUT2D eigenvalue weighted by Gasteiger charge is -2.15. The van der Waals surface area contributed by atoms with Crippen molar-refractivity contribution in [1.29, 1.82) is 0 Å². The van der Waals surface area contributed by atoms with Gasteiger partial charge in [0.25, 0.3) is 5.91 Å². The van der Waals surface area contributed by atoms with Crippen molar-refractivity contribution in [3.05, 3.63) is 76.8 Å². The minimum Gasteiger partial charge on any atom is -0.481 e. The van der Waals surface area contributed by atoms with Gasteiger partial charge in [-0.15, -0.1) is 0 Å². The van der Waals surface area contributed by atoms with Gasteiger partial charge in [-0.2, -0.15) is 0 Å². The molecule has 0 saturated carbocycles. The average Bonchev–Trinajstić information content (AvgIpc) is 2.72. The summed E-state index contributed by atoms with van der Waals surface area (Å²) in [5.41, 5.74) is 6.18. The molecule has 0 bridgehead atoms. The normalized spacial score (nSPS) is 11.6. The number of hydrazine groups is 1. The summed E-state index contributed by atoms with van der Waals surface area (Å²) in [5, 5.41) is 2.79. The molecule has 150 valence electrons. The van der Waals surface area contributed by atoms with E-state index >= 15 is 0 Å². The molecule has 0 aliphatic carbocycles. The van der Waals surface area contributed by atoms with Gasteiger partial charge >= 0.3 is 6.09 Å². The van der Waals surface area contributed by atoms with Crippen LogP contribution in [-0.4, -0.2) is 18.1 Å². The molecule has 1 atom stereocenters. The van der Waals surface area contributed by atoms with Crippen LogP contribution in [0.1, 0.15) is 18.1 Å².